The lowest BCUT2D eigenvalue weighted by Crippen LogP contribution is -2.64. The van der Waals surface area contributed by atoms with Crippen molar-refractivity contribution in [2.24, 2.45) is 22.7 Å². The second-order valence-corrected chi connectivity index (χ2v) is 7.93. The molecular weight excluding hydrogens is 300 g/mol. The van der Waals surface area contributed by atoms with Crippen molar-refractivity contribution >= 4 is 5.97 Å². The predicted molar refractivity (Wildman–Crippen MR) is 83.4 cm³/mol. The van der Waals surface area contributed by atoms with E-state index in [-0.39, 0.29) is 25.7 Å². The molecule has 2 aliphatic rings. The van der Waals surface area contributed by atoms with Gasteiger partial charge in [0.15, 0.2) is 0 Å². The smallest absolute Gasteiger partial charge is 0.302 e. The molecule has 0 aromatic rings. The first-order chi connectivity index (χ1) is 10.6. The van der Waals surface area contributed by atoms with E-state index in [4.69, 9.17) is 4.74 Å². The van der Waals surface area contributed by atoms with E-state index in [1.54, 1.807) is 0 Å². The number of carbonyl (C=O) groups is 1. The van der Waals surface area contributed by atoms with Gasteiger partial charge in [-0.3, -0.25) is 4.79 Å². The third-order valence-electron chi connectivity index (χ3n) is 6.69. The highest BCUT2D eigenvalue weighted by Gasteiger charge is 2.62. The molecule has 0 bridgehead atoms. The summed E-state index contributed by atoms with van der Waals surface area (Å²) in [6.07, 6.45) is 1.54. The Bertz CT molecular complexity index is 454. The van der Waals surface area contributed by atoms with Crippen molar-refractivity contribution in [3.05, 3.63) is 0 Å². The number of carbonyl (C=O) groups excluding carboxylic acids is 1. The number of fused-ring (bicyclic) bond motifs is 1. The third-order valence-corrected chi connectivity index (χ3v) is 6.69. The first-order valence-electron chi connectivity index (χ1n) is 8.39. The van der Waals surface area contributed by atoms with E-state index < -0.39 is 34.4 Å². The van der Waals surface area contributed by atoms with Crippen LogP contribution in [0, 0.1) is 22.7 Å². The fourth-order valence-corrected chi connectivity index (χ4v) is 5.15. The standard InChI is InChI=1S/C17H30O6/c1-11(20)23-8-13-15(2)6-5-14(21)16(3,9-18)12(15)4-7-17(13,22)10-19/h12-14,18-19,21-22H,4-10H2,1-3H3/t12?,13-,14-,15-,16+,17+/m1/s1. The highest BCUT2D eigenvalue weighted by molar-refractivity contribution is 5.65. The van der Waals surface area contributed by atoms with Crippen LogP contribution in [-0.2, 0) is 9.53 Å². The van der Waals surface area contributed by atoms with Gasteiger partial charge in [-0.15, -0.1) is 0 Å². The fourth-order valence-electron chi connectivity index (χ4n) is 5.15. The van der Waals surface area contributed by atoms with E-state index in [1.807, 2.05) is 13.8 Å². The topological polar surface area (TPSA) is 107 Å². The average Bonchev–Trinajstić information content (AvgIpc) is 2.50. The summed E-state index contributed by atoms with van der Waals surface area (Å²) in [5.74, 6) is -0.867. The average molecular weight is 330 g/mol. The van der Waals surface area contributed by atoms with Crippen LogP contribution >= 0.6 is 0 Å². The molecule has 2 rings (SSSR count). The summed E-state index contributed by atoms with van der Waals surface area (Å²) >= 11 is 0. The molecule has 6 nitrogen and oxygen atoms in total. The lowest BCUT2D eigenvalue weighted by atomic mass is 9.44. The molecular formula is C17H30O6. The zero-order chi connectivity index (χ0) is 17.5. The molecule has 0 heterocycles. The number of hydrogen-bond acceptors (Lipinski definition) is 6. The number of rotatable bonds is 4. The van der Waals surface area contributed by atoms with Crippen molar-refractivity contribution in [1.29, 1.82) is 0 Å². The quantitative estimate of drug-likeness (QED) is 0.558. The van der Waals surface area contributed by atoms with Gasteiger partial charge < -0.3 is 25.2 Å². The Hall–Kier alpha value is -0.690. The Balaban J connectivity index is 2.40. The van der Waals surface area contributed by atoms with Crippen molar-refractivity contribution in [3.63, 3.8) is 0 Å². The molecule has 0 spiro atoms. The molecule has 2 fully saturated rings. The van der Waals surface area contributed by atoms with Crippen LogP contribution in [0.25, 0.3) is 0 Å². The van der Waals surface area contributed by atoms with E-state index in [0.29, 0.717) is 25.7 Å². The molecule has 0 aliphatic heterocycles. The van der Waals surface area contributed by atoms with Gasteiger partial charge in [0.1, 0.15) is 0 Å². The van der Waals surface area contributed by atoms with Gasteiger partial charge in [-0.25, -0.2) is 0 Å². The Morgan fingerprint density at radius 2 is 1.83 bits per heavy atom. The van der Waals surface area contributed by atoms with Gasteiger partial charge in [-0.2, -0.15) is 0 Å². The van der Waals surface area contributed by atoms with E-state index in [1.165, 1.54) is 6.92 Å². The van der Waals surface area contributed by atoms with Crippen LogP contribution in [0.1, 0.15) is 46.5 Å². The molecule has 0 radical (unpaired) electrons. The van der Waals surface area contributed by atoms with Gasteiger partial charge in [0, 0.05) is 18.3 Å². The number of aliphatic hydroxyl groups excluding tert-OH is 3. The fraction of sp³-hybridized carbons (Fsp3) is 0.941. The Morgan fingerprint density at radius 3 is 2.35 bits per heavy atom. The van der Waals surface area contributed by atoms with E-state index >= 15 is 0 Å². The van der Waals surface area contributed by atoms with E-state index in [9.17, 15) is 25.2 Å². The summed E-state index contributed by atoms with van der Waals surface area (Å²) in [5.41, 5.74) is -2.39. The molecule has 23 heavy (non-hydrogen) atoms. The number of aliphatic hydroxyl groups is 4. The highest BCUT2D eigenvalue weighted by Crippen LogP contribution is 2.61. The van der Waals surface area contributed by atoms with Gasteiger partial charge in [0.25, 0.3) is 0 Å². The Kier molecular flexibility index (Phi) is 5.12. The van der Waals surface area contributed by atoms with Crippen LogP contribution in [-0.4, -0.2) is 57.9 Å². The van der Waals surface area contributed by atoms with Gasteiger partial charge in [0.05, 0.1) is 31.5 Å². The zero-order valence-corrected chi connectivity index (χ0v) is 14.3. The number of esters is 1. The Labute approximate surface area is 137 Å². The van der Waals surface area contributed by atoms with Crippen LogP contribution in [0.5, 0.6) is 0 Å². The lowest BCUT2D eigenvalue weighted by Gasteiger charge is -2.62. The predicted octanol–water partition coefficient (Wildman–Crippen LogP) is 0.459. The molecule has 1 unspecified atom stereocenters. The first-order valence-corrected chi connectivity index (χ1v) is 8.39. The highest BCUT2D eigenvalue weighted by atomic mass is 16.5. The molecule has 0 saturated heterocycles. The molecule has 4 N–H and O–H groups in total. The first kappa shape index (κ1) is 18.6. The maximum atomic E-state index is 11.2. The van der Waals surface area contributed by atoms with Crippen molar-refractivity contribution in [3.8, 4) is 0 Å². The summed E-state index contributed by atoms with van der Waals surface area (Å²) in [6, 6.07) is 0. The number of hydrogen-bond donors (Lipinski definition) is 4. The largest absolute Gasteiger partial charge is 0.465 e. The van der Waals surface area contributed by atoms with Crippen LogP contribution in [0.15, 0.2) is 0 Å². The molecule has 6 atom stereocenters. The second kappa shape index (κ2) is 6.31. The van der Waals surface area contributed by atoms with Crippen molar-refractivity contribution in [2.45, 2.75) is 58.2 Å². The summed E-state index contributed by atoms with van der Waals surface area (Å²) in [7, 11) is 0. The minimum absolute atomic E-state index is 0.0175. The van der Waals surface area contributed by atoms with Crippen molar-refractivity contribution in [1.82, 2.24) is 0 Å². The minimum atomic E-state index is -1.31. The summed E-state index contributed by atoms with van der Waals surface area (Å²) in [6.45, 7) is 4.74. The summed E-state index contributed by atoms with van der Waals surface area (Å²) in [4.78, 5) is 11.2. The maximum Gasteiger partial charge on any atom is 0.302 e. The minimum Gasteiger partial charge on any atom is -0.465 e. The van der Waals surface area contributed by atoms with E-state index in [0.717, 1.165) is 0 Å². The van der Waals surface area contributed by atoms with E-state index in [2.05, 4.69) is 0 Å². The van der Waals surface area contributed by atoms with Crippen molar-refractivity contribution < 1.29 is 30.0 Å². The van der Waals surface area contributed by atoms with Crippen LogP contribution in [0.2, 0.25) is 0 Å². The normalized spacial score (nSPS) is 47.0. The molecule has 0 aromatic carbocycles. The van der Waals surface area contributed by atoms with Gasteiger partial charge >= 0.3 is 5.97 Å². The molecule has 0 aromatic heterocycles. The van der Waals surface area contributed by atoms with Gasteiger partial charge in [0.2, 0.25) is 0 Å². The van der Waals surface area contributed by atoms with Gasteiger partial charge in [-0.1, -0.05) is 13.8 Å². The SMILES string of the molecule is CC(=O)OC[C@H]1[C@@](O)(CO)CCC2[C@](C)(CO)[C@H](O)CC[C@]21C. The third kappa shape index (κ3) is 2.90. The zero-order valence-electron chi connectivity index (χ0n) is 14.3. The molecule has 0 amide bonds. The van der Waals surface area contributed by atoms with Crippen molar-refractivity contribution in [2.75, 3.05) is 19.8 Å². The monoisotopic (exact) mass is 330 g/mol. The Morgan fingerprint density at radius 1 is 1.17 bits per heavy atom. The molecule has 134 valence electrons. The second-order valence-electron chi connectivity index (χ2n) is 7.93. The summed E-state index contributed by atoms with van der Waals surface area (Å²) in [5, 5.41) is 41.0. The molecule has 6 heteroatoms. The lowest BCUT2D eigenvalue weighted by molar-refractivity contribution is -0.231. The van der Waals surface area contributed by atoms with Crippen LogP contribution < -0.4 is 0 Å². The molecule has 2 saturated carbocycles. The van der Waals surface area contributed by atoms with Gasteiger partial charge in [-0.05, 0) is 37.0 Å². The maximum absolute atomic E-state index is 11.2. The summed E-state index contributed by atoms with van der Waals surface area (Å²) < 4.78 is 5.19. The molecule has 2 aliphatic carbocycles. The van der Waals surface area contributed by atoms with Crippen LogP contribution in [0.4, 0.5) is 0 Å². The van der Waals surface area contributed by atoms with Crippen LogP contribution in [0.3, 0.4) is 0 Å². The number of ether oxygens (including phenoxy) is 1.